The number of aryl methyl sites for hydroxylation is 1. The highest BCUT2D eigenvalue weighted by Crippen LogP contribution is 2.36. The van der Waals surface area contributed by atoms with Crippen LogP contribution in [0.4, 0.5) is 20.2 Å². The number of amides is 2. The van der Waals surface area contributed by atoms with E-state index in [-0.39, 0.29) is 48.5 Å². The number of halogens is 4. The molecule has 1 aromatic carbocycles. The molecule has 0 spiro atoms. The van der Waals surface area contributed by atoms with Gasteiger partial charge in [-0.2, -0.15) is 0 Å². The second kappa shape index (κ2) is 11.0. The predicted octanol–water partition coefficient (Wildman–Crippen LogP) is 5.41. The molecule has 9 nitrogen and oxygen atoms in total. The highest BCUT2D eigenvalue weighted by molar-refractivity contribution is 9.10. The number of hydrogen-bond donors (Lipinski definition) is 1. The average Bonchev–Trinajstić information content (AvgIpc) is 2.85. The van der Waals surface area contributed by atoms with Gasteiger partial charge in [0.2, 0.25) is 0 Å². The Bertz CT molecular complexity index is 1240. The molecule has 1 aromatic heterocycles. The third kappa shape index (κ3) is 6.25. The van der Waals surface area contributed by atoms with Gasteiger partial charge in [-0.15, -0.1) is 0 Å². The molecular formula is C24H25Br2F2N5O4. The number of nitro benzene ring substituents is 1. The first kappa shape index (κ1) is 27.4. The van der Waals surface area contributed by atoms with Crippen molar-refractivity contribution in [1.82, 2.24) is 14.8 Å². The number of hydrogen-bond acceptors (Lipinski definition) is 6. The summed E-state index contributed by atoms with van der Waals surface area (Å²) in [5, 5.41) is 15.1. The van der Waals surface area contributed by atoms with E-state index in [1.54, 1.807) is 24.1 Å². The number of nitrogens with one attached hydrogen (secondary N) is 1. The summed E-state index contributed by atoms with van der Waals surface area (Å²) in [5.41, 5.74) is 0.793. The number of piperidine rings is 2. The van der Waals surface area contributed by atoms with Crippen LogP contribution >= 0.6 is 31.9 Å². The van der Waals surface area contributed by atoms with Crippen LogP contribution in [0.25, 0.3) is 0 Å². The van der Waals surface area contributed by atoms with Gasteiger partial charge in [0.25, 0.3) is 23.4 Å². The number of anilines is 1. The van der Waals surface area contributed by atoms with Crippen molar-refractivity contribution in [3.8, 4) is 0 Å². The first-order valence-electron chi connectivity index (χ1n) is 11.8. The van der Waals surface area contributed by atoms with Gasteiger partial charge in [0.15, 0.2) is 0 Å². The minimum Gasteiger partial charge on any atom is -0.374 e. The number of carbonyl (C=O) groups is 2. The van der Waals surface area contributed by atoms with Crippen molar-refractivity contribution < 1.29 is 23.3 Å². The third-order valence-electron chi connectivity index (χ3n) is 6.63. The van der Waals surface area contributed by atoms with Crippen molar-refractivity contribution in [2.75, 3.05) is 31.5 Å². The largest absolute Gasteiger partial charge is 0.374 e. The molecule has 2 aromatic rings. The van der Waals surface area contributed by atoms with Crippen LogP contribution in [0.2, 0.25) is 0 Å². The first-order valence-corrected chi connectivity index (χ1v) is 13.4. The molecule has 4 rings (SSSR count). The maximum Gasteiger partial charge on any atom is 0.294 e. The minimum absolute atomic E-state index is 0.0233. The second-order valence-corrected chi connectivity index (χ2v) is 11.1. The van der Waals surface area contributed by atoms with E-state index < -0.39 is 29.6 Å². The lowest BCUT2D eigenvalue weighted by molar-refractivity contribution is -0.384. The number of nitro groups is 1. The van der Waals surface area contributed by atoms with E-state index in [4.69, 9.17) is 0 Å². The predicted molar refractivity (Wildman–Crippen MR) is 140 cm³/mol. The van der Waals surface area contributed by atoms with Crippen molar-refractivity contribution in [2.45, 2.75) is 44.6 Å². The van der Waals surface area contributed by atoms with E-state index in [1.165, 1.54) is 17.0 Å². The quantitative estimate of drug-likeness (QED) is 0.344. The zero-order chi connectivity index (χ0) is 26.9. The summed E-state index contributed by atoms with van der Waals surface area (Å²) >= 11 is 6.57. The van der Waals surface area contributed by atoms with Gasteiger partial charge in [0.1, 0.15) is 5.69 Å². The minimum atomic E-state index is -2.83. The van der Waals surface area contributed by atoms with Gasteiger partial charge in [-0.05, 0) is 47.8 Å². The van der Waals surface area contributed by atoms with Crippen molar-refractivity contribution in [1.29, 1.82) is 0 Å². The fraction of sp³-hybridized carbons (Fsp3) is 0.458. The molecule has 2 fully saturated rings. The topological polar surface area (TPSA) is 109 Å². The van der Waals surface area contributed by atoms with E-state index >= 15 is 0 Å². The van der Waals surface area contributed by atoms with Gasteiger partial charge in [-0.25, -0.2) is 8.78 Å². The molecule has 3 heterocycles. The Morgan fingerprint density at radius 2 is 1.73 bits per heavy atom. The first-order chi connectivity index (χ1) is 17.4. The molecule has 1 atom stereocenters. The van der Waals surface area contributed by atoms with E-state index in [0.29, 0.717) is 39.6 Å². The monoisotopic (exact) mass is 643 g/mol. The van der Waals surface area contributed by atoms with Crippen LogP contribution in [0.15, 0.2) is 33.3 Å². The highest BCUT2D eigenvalue weighted by Gasteiger charge is 2.37. The number of aromatic nitrogens is 1. The van der Waals surface area contributed by atoms with Gasteiger partial charge in [-0.3, -0.25) is 24.7 Å². The standard InChI is InChI=1S/C24H25Br2F2N5O4/c1-14-18(10-16(26)12-29-14)22(34)32-6-2-3-17(13-32)30-21-19(9-15(25)11-20(21)33(36)37)23(35)31-7-4-24(27,28)5-8-31/h9-12,17,30H,2-8,13H2,1H3/t17-/m1/s1. The van der Waals surface area contributed by atoms with Crippen molar-refractivity contribution >= 4 is 55.0 Å². The lowest BCUT2D eigenvalue weighted by Crippen LogP contribution is -2.46. The molecule has 1 N–H and O–H groups in total. The molecule has 13 heteroatoms. The summed E-state index contributed by atoms with van der Waals surface area (Å²) in [7, 11) is 0. The molecule has 37 heavy (non-hydrogen) atoms. The lowest BCUT2D eigenvalue weighted by atomic mass is 10.0. The smallest absolute Gasteiger partial charge is 0.294 e. The van der Waals surface area contributed by atoms with E-state index in [1.807, 2.05) is 0 Å². The number of nitrogens with zero attached hydrogens (tertiary/aromatic N) is 4. The molecule has 198 valence electrons. The van der Waals surface area contributed by atoms with E-state index in [2.05, 4.69) is 42.2 Å². The van der Waals surface area contributed by atoms with Gasteiger partial charge >= 0.3 is 0 Å². The molecule has 0 unspecified atom stereocenters. The highest BCUT2D eigenvalue weighted by atomic mass is 79.9. The summed E-state index contributed by atoms with van der Waals surface area (Å²) in [4.78, 5) is 45.1. The third-order valence-corrected chi connectivity index (χ3v) is 7.52. The fourth-order valence-electron chi connectivity index (χ4n) is 4.64. The Morgan fingerprint density at radius 3 is 2.41 bits per heavy atom. The van der Waals surface area contributed by atoms with Gasteiger partial charge in [0, 0.05) is 66.3 Å². The number of carbonyl (C=O) groups excluding carboxylic acids is 2. The molecule has 2 aliphatic heterocycles. The lowest BCUT2D eigenvalue weighted by Gasteiger charge is -2.35. The Labute approximate surface area is 229 Å². The molecular weight excluding hydrogens is 620 g/mol. The van der Waals surface area contributed by atoms with Gasteiger partial charge in [-0.1, -0.05) is 15.9 Å². The summed E-state index contributed by atoms with van der Waals surface area (Å²) < 4.78 is 28.3. The van der Waals surface area contributed by atoms with Crippen LogP contribution in [-0.4, -0.2) is 69.7 Å². The Morgan fingerprint density at radius 1 is 1.08 bits per heavy atom. The second-order valence-electron chi connectivity index (χ2n) is 9.27. The summed E-state index contributed by atoms with van der Waals surface area (Å²) in [5.74, 6) is -3.59. The Balaban J connectivity index is 1.60. The Hall–Kier alpha value is -2.67. The van der Waals surface area contributed by atoms with Crippen LogP contribution in [0.5, 0.6) is 0 Å². The molecule has 2 aliphatic rings. The van der Waals surface area contributed by atoms with Gasteiger partial charge in [0.05, 0.1) is 21.7 Å². The summed E-state index contributed by atoms with van der Waals surface area (Å²) in [6.45, 7) is 2.24. The van der Waals surface area contributed by atoms with Crippen LogP contribution in [0.3, 0.4) is 0 Å². The zero-order valence-electron chi connectivity index (χ0n) is 20.0. The maximum atomic E-state index is 13.7. The number of rotatable bonds is 5. The van der Waals surface area contributed by atoms with E-state index in [9.17, 15) is 28.5 Å². The number of pyridine rings is 1. The SMILES string of the molecule is Cc1ncc(Br)cc1C(=O)N1CCC[C@@H](Nc2c(C(=O)N3CCC(F)(F)CC3)cc(Br)cc2[N+](=O)[O-])C1. The zero-order valence-corrected chi connectivity index (χ0v) is 23.1. The summed E-state index contributed by atoms with van der Waals surface area (Å²) in [6.07, 6.45) is 1.97. The molecule has 2 amide bonds. The molecule has 0 saturated carbocycles. The van der Waals surface area contributed by atoms with Gasteiger partial charge < -0.3 is 15.1 Å². The molecule has 0 aliphatic carbocycles. The number of alkyl halides is 2. The van der Waals surface area contributed by atoms with Crippen LogP contribution in [0, 0.1) is 17.0 Å². The fourth-order valence-corrected chi connectivity index (χ4v) is 5.42. The van der Waals surface area contributed by atoms with Crippen LogP contribution < -0.4 is 5.32 Å². The van der Waals surface area contributed by atoms with E-state index in [0.717, 1.165) is 0 Å². The number of benzene rings is 1. The van der Waals surface area contributed by atoms with Crippen LogP contribution in [0.1, 0.15) is 52.1 Å². The van der Waals surface area contributed by atoms with Crippen molar-refractivity contribution in [2.24, 2.45) is 0 Å². The number of likely N-dealkylation sites (tertiary alicyclic amines) is 2. The molecule has 2 saturated heterocycles. The van der Waals surface area contributed by atoms with Crippen molar-refractivity contribution in [3.63, 3.8) is 0 Å². The molecule has 0 radical (unpaired) electrons. The van der Waals surface area contributed by atoms with Crippen molar-refractivity contribution in [3.05, 3.63) is 60.3 Å². The average molecular weight is 645 g/mol. The maximum absolute atomic E-state index is 13.7. The van der Waals surface area contributed by atoms with Crippen LogP contribution in [-0.2, 0) is 0 Å². The summed E-state index contributed by atoms with van der Waals surface area (Å²) in [6, 6.07) is 4.11. The molecule has 0 bridgehead atoms. The Kier molecular flexibility index (Phi) is 8.12. The normalized spacial score (nSPS) is 19.4.